The second-order valence-electron chi connectivity index (χ2n) is 2.27. The van der Waals surface area contributed by atoms with Crippen LogP contribution in [0.3, 0.4) is 0 Å². The Hall–Kier alpha value is -1.24. The van der Waals surface area contributed by atoms with E-state index in [2.05, 4.69) is 0 Å². The van der Waals surface area contributed by atoms with Crippen LogP contribution in [0, 0.1) is 0 Å². The molecule has 1 heteroatoms. The minimum Gasteiger partial charge on any atom is -0.497 e. The van der Waals surface area contributed by atoms with Crippen LogP contribution in [-0.4, -0.2) is 0 Å². The summed E-state index contributed by atoms with van der Waals surface area (Å²) >= 11 is 0. The summed E-state index contributed by atoms with van der Waals surface area (Å²) in [5.41, 5.74) is 1.20. The number of rotatable bonds is 3. The van der Waals surface area contributed by atoms with Gasteiger partial charge in [-0.1, -0.05) is 36.4 Å². The van der Waals surface area contributed by atoms with Crippen molar-refractivity contribution in [1.29, 1.82) is 0 Å². The maximum atomic E-state index is 5.19. The fourth-order valence-electron chi connectivity index (χ4n) is 0.815. The van der Waals surface area contributed by atoms with Gasteiger partial charge in [-0.3, -0.25) is 0 Å². The molecule has 0 N–H and O–H groups in total. The van der Waals surface area contributed by atoms with E-state index in [0.29, 0.717) is 6.61 Å². The molecule has 1 aromatic rings. The van der Waals surface area contributed by atoms with E-state index < -0.39 is 0 Å². The van der Waals surface area contributed by atoms with Gasteiger partial charge in [-0.15, -0.1) is 0 Å². The molecule has 0 bridgehead atoms. The zero-order chi connectivity index (χ0) is 7.94. The Labute approximate surface area is 67.3 Å². The van der Waals surface area contributed by atoms with Gasteiger partial charge in [-0.05, 0) is 12.5 Å². The van der Waals surface area contributed by atoms with Gasteiger partial charge in [0.25, 0.3) is 0 Å². The molecule has 1 rings (SSSR count). The fourth-order valence-corrected chi connectivity index (χ4v) is 0.815. The average molecular weight is 148 g/mol. The van der Waals surface area contributed by atoms with E-state index in [0.717, 1.165) is 0 Å². The minimum absolute atomic E-state index is 0.658. The molecule has 0 aliphatic carbocycles. The molecule has 1 nitrogen and oxygen atoms in total. The van der Waals surface area contributed by atoms with Crippen LogP contribution in [0.5, 0.6) is 0 Å². The van der Waals surface area contributed by atoms with Crippen LogP contribution in [0.2, 0.25) is 0 Å². The van der Waals surface area contributed by atoms with Gasteiger partial charge in [0.1, 0.15) is 6.61 Å². The molecular weight excluding hydrogens is 136 g/mol. The van der Waals surface area contributed by atoms with Crippen LogP contribution in [0.1, 0.15) is 12.5 Å². The van der Waals surface area contributed by atoms with Crippen LogP contribution in [-0.2, 0) is 11.3 Å². The van der Waals surface area contributed by atoms with Crippen LogP contribution >= 0.6 is 0 Å². The Balaban J connectivity index is 2.39. The third-order valence-corrected chi connectivity index (χ3v) is 1.33. The summed E-state index contributed by atoms with van der Waals surface area (Å²) in [7, 11) is 0. The smallest absolute Gasteiger partial charge is 0.112 e. The zero-order valence-corrected chi connectivity index (χ0v) is 6.66. The first-order valence-electron chi connectivity index (χ1n) is 3.70. The van der Waals surface area contributed by atoms with Crippen LogP contribution < -0.4 is 0 Å². The Bertz CT molecular complexity index is 214. The summed E-state index contributed by atoms with van der Waals surface area (Å²) in [5.74, 6) is 0. The lowest BCUT2D eigenvalue weighted by molar-refractivity contribution is 0.236. The highest BCUT2D eigenvalue weighted by atomic mass is 16.5. The number of ether oxygens (including phenoxy) is 1. The molecule has 0 radical (unpaired) electrons. The van der Waals surface area contributed by atoms with E-state index in [1.165, 1.54) is 5.56 Å². The van der Waals surface area contributed by atoms with E-state index in [-0.39, 0.29) is 0 Å². The Morgan fingerprint density at radius 2 is 2.00 bits per heavy atom. The molecule has 0 fully saturated rings. The highest BCUT2D eigenvalue weighted by Gasteiger charge is 1.86. The summed E-state index contributed by atoms with van der Waals surface area (Å²) in [6, 6.07) is 10.1. The maximum absolute atomic E-state index is 5.19. The SMILES string of the molecule is C/C=C\OCc1ccccc1. The zero-order valence-electron chi connectivity index (χ0n) is 6.66. The monoisotopic (exact) mass is 148 g/mol. The number of hydrogen-bond acceptors (Lipinski definition) is 1. The van der Waals surface area contributed by atoms with Gasteiger partial charge in [0.15, 0.2) is 0 Å². The van der Waals surface area contributed by atoms with Crippen LogP contribution in [0.4, 0.5) is 0 Å². The summed E-state index contributed by atoms with van der Waals surface area (Å²) in [6.45, 7) is 2.59. The van der Waals surface area contributed by atoms with E-state index in [1.807, 2.05) is 43.3 Å². The Kier molecular flexibility index (Phi) is 3.26. The second kappa shape index (κ2) is 4.56. The molecular formula is C10H12O. The van der Waals surface area contributed by atoms with Gasteiger partial charge >= 0.3 is 0 Å². The maximum Gasteiger partial charge on any atom is 0.112 e. The van der Waals surface area contributed by atoms with Crippen molar-refractivity contribution in [3.63, 3.8) is 0 Å². The number of allylic oxidation sites excluding steroid dienone is 1. The first-order valence-corrected chi connectivity index (χ1v) is 3.70. The lowest BCUT2D eigenvalue weighted by Crippen LogP contribution is -1.84. The van der Waals surface area contributed by atoms with Crippen molar-refractivity contribution in [3.8, 4) is 0 Å². The molecule has 11 heavy (non-hydrogen) atoms. The Morgan fingerprint density at radius 3 is 2.64 bits per heavy atom. The van der Waals surface area contributed by atoms with Crippen molar-refractivity contribution in [2.75, 3.05) is 0 Å². The fraction of sp³-hybridized carbons (Fsp3) is 0.200. The van der Waals surface area contributed by atoms with Crippen molar-refractivity contribution >= 4 is 0 Å². The van der Waals surface area contributed by atoms with E-state index in [4.69, 9.17) is 4.74 Å². The van der Waals surface area contributed by atoms with E-state index in [9.17, 15) is 0 Å². The minimum atomic E-state index is 0.658. The van der Waals surface area contributed by atoms with E-state index >= 15 is 0 Å². The number of hydrogen-bond donors (Lipinski definition) is 0. The Morgan fingerprint density at radius 1 is 1.27 bits per heavy atom. The van der Waals surface area contributed by atoms with Gasteiger partial charge in [-0.25, -0.2) is 0 Å². The second-order valence-corrected chi connectivity index (χ2v) is 2.27. The quantitative estimate of drug-likeness (QED) is 0.599. The molecule has 0 aliphatic rings. The topological polar surface area (TPSA) is 9.23 Å². The molecule has 0 saturated carbocycles. The van der Waals surface area contributed by atoms with E-state index in [1.54, 1.807) is 6.26 Å². The molecule has 58 valence electrons. The largest absolute Gasteiger partial charge is 0.497 e. The van der Waals surface area contributed by atoms with Crippen molar-refractivity contribution < 1.29 is 4.74 Å². The highest BCUT2D eigenvalue weighted by molar-refractivity contribution is 5.13. The van der Waals surface area contributed by atoms with Gasteiger partial charge < -0.3 is 4.74 Å². The third-order valence-electron chi connectivity index (χ3n) is 1.33. The summed E-state index contributed by atoms with van der Waals surface area (Å²) in [6.07, 6.45) is 3.58. The molecule has 0 unspecified atom stereocenters. The lowest BCUT2D eigenvalue weighted by Gasteiger charge is -1.98. The molecule has 1 aromatic carbocycles. The molecule has 0 heterocycles. The van der Waals surface area contributed by atoms with Gasteiger partial charge in [0.2, 0.25) is 0 Å². The standard InChI is InChI=1S/C10H12O/c1-2-8-11-9-10-6-4-3-5-7-10/h2-8H,9H2,1H3/b8-2-. The van der Waals surface area contributed by atoms with Crippen molar-refractivity contribution in [2.45, 2.75) is 13.5 Å². The average Bonchev–Trinajstić information content (AvgIpc) is 2.07. The lowest BCUT2D eigenvalue weighted by atomic mass is 10.2. The normalized spacial score (nSPS) is 10.3. The van der Waals surface area contributed by atoms with Gasteiger partial charge in [0, 0.05) is 0 Å². The number of benzene rings is 1. The highest BCUT2D eigenvalue weighted by Crippen LogP contribution is 1.99. The molecule has 0 spiro atoms. The van der Waals surface area contributed by atoms with Gasteiger partial charge in [0.05, 0.1) is 6.26 Å². The summed E-state index contributed by atoms with van der Waals surface area (Å²) in [4.78, 5) is 0. The molecule has 0 amide bonds. The van der Waals surface area contributed by atoms with Crippen molar-refractivity contribution in [2.24, 2.45) is 0 Å². The van der Waals surface area contributed by atoms with Crippen LogP contribution in [0.25, 0.3) is 0 Å². The first kappa shape index (κ1) is 7.86. The van der Waals surface area contributed by atoms with Gasteiger partial charge in [-0.2, -0.15) is 0 Å². The van der Waals surface area contributed by atoms with Crippen LogP contribution in [0.15, 0.2) is 42.7 Å². The predicted octanol–water partition coefficient (Wildman–Crippen LogP) is 2.74. The van der Waals surface area contributed by atoms with Crippen molar-refractivity contribution in [1.82, 2.24) is 0 Å². The van der Waals surface area contributed by atoms with Crippen molar-refractivity contribution in [3.05, 3.63) is 48.2 Å². The molecule has 0 aromatic heterocycles. The molecule has 0 saturated heterocycles. The molecule has 0 aliphatic heterocycles. The summed E-state index contributed by atoms with van der Waals surface area (Å²) < 4.78 is 5.19. The predicted molar refractivity (Wildman–Crippen MR) is 46.0 cm³/mol. The molecule has 0 atom stereocenters. The first-order chi connectivity index (χ1) is 5.43. The third kappa shape index (κ3) is 2.89. The summed E-state index contributed by atoms with van der Waals surface area (Å²) in [5, 5.41) is 0.